The van der Waals surface area contributed by atoms with Crippen molar-refractivity contribution in [2.24, 2.45) is 0 Å². The number of fused-ring (bicyclic) bond motifs is 2. The average molecular weight is 601 g/mol. The van der Waals surface area contributed by atoms with Crippen LogP contribution in [0.15, 0.2) is 15.7 Å². The number of hydrogen-bond donors (Lipinski definition) is 5. The van der Waals surface area contributed by atoms with Crippen LogP contribution in [-0.4, -0.2) is 64.9 Å². The summed E-state index contributed by atoms with van der Waals surface area (Å²) in [5, 5.41) is 41.2. The van der Waals surface area contributed by atoms with Crippen LogP contribution >= 0.6 is 0 Å². The predicted octanol–water partition coefficient (Wildman–Crippen LogP) is 4.12. The number of H-pyrrole nitrogens is 1. The molecular weight excluding hydrogens is 548 g/mol. The van der Waals surface area contributed by atoms with Crippen LogP contribution in [0, 0.1) is 6.92 Å². The van der Waals surface area contributed by atoms with Gasteiger partial charge in [0.15, 0.2) is 11.5 Å². The first-order valence-electron chi connectivity index (χ1n) is 16.2. The molecule has 5 N–H and O–H groups in total. The van der Waals surface area contributed by atoms with E-state index in [1.54, 1.807) is 4.57 Å². The Bertz CT molecular complexity index is 1400. The minimum Gasteiger partial charge on any atom is -0.394 e. The first-order chi connectivity index (χ1) is 20.6. The molecule has 0 unspecified atom stereocenters. The highest BCUT2D eigenvalue weighted by Crippen LogP contribution is 2.46. The normalized spacial score (nSPS) is 14.4. The van der Waals surface area contributed by atoms with Gasteiger partial charge in [-0.3, -0.25) is 9.78 Å². The third kappa shape index (κ3) is 7.71. The summed E-state index contributed by atoms with van der Waals surface area (Å²) in [5.41, 5.74) is 3.07. The summed E-state index contributed by atoms with van der Waals surface area (Å²) in [6, 6.07) is 2.00. The Morgan fingerprint density at radius 3 is 2.00 bits per heavy atom. The zero-order chi connectivity index (χ0) is 31.7. The SMILES string of the molecule is CCCCc1c(C(CCCC)(CCCC)CCCC)c(C)cc2nc3c(=O)[nH]c(=O)nc-3n(C[C@@H](O)[C@@H](O)[C@@H](O)CO)c12. The van der Waals surface area contributed by atoms with E-state index >= 15 is 0 Å². The minimum atomic E-state index is -1.66. The fourth-order valence-electron chi connectivity index (χ4n) is 6.66. The molecule has 2 heterocycles. The molecule has 0 aromatic heterocycles. The summed E-state index contributed by atoms with van der Waals surface area (Å²) in [4.78, 5) is 36.5. The molecule has 0 saturated heterocycles. The Kier molecular flexibility index (Phi) is 12.9. The number of rotatable bonds is 18. The standard InChI is InChI=1S/C33H52N4O6/c1-6-10-14-22-26(33(15-11-7-2,16-12-8-3)17-13-9-4)21(5)18-23-28(22)37(19-24(39)29(41)25(40)20-38)30-27(34-23)31(42)36-32(43)35-30/h18,24-25,29,38-41H,6-17,19-20H2,1-5H3,(H,36,42,43)/t24-,25+,29-/m1/s1. The van der Waals surface area contributed by atoms with Gasteiger partial charge < -0.3 is 25.0 Å². The van der Waals surface area contributed by atoms with Crippen molar-refractivity contribution in [3.05, 3.63) is 43.6 Å². The highest BCUT2D eigenvalue weighted by atomic mass is 16.4. The quantitative estimate of drug-likeness (QED) is 0.136. The van der Waals surface area contributed by atoms with Crippen molar-refractivity contribution >= 4 is 11.0 Å². The number of benzene rings is 1. The number of hydrogen-bond acceptors (Lipinski definition) is 8. The Labute approximate surface area is 254 Å². The van der Waals surface area contributed by atoms with Gasteiger partial charge in [-0.15, -0.1) is 0 Å². The fraction of sp³-hybridized carbons (Fsp3) is 0.697. The van der Waals surface area contributed by atoms with Crippen molar-refractivity contribution in [2.75, 3.05) is 6.61 Å². The summed E-state index contributed by atoms with van der Waals surface area (Å²) in [6.07, 6.45) is 7.49. The summed E-state index contributed by atoms with van der Waals surface area (Å²) >= 11 is 0. The second kappa shape index (κ2) is 15.9. The molecule has 0 fully saturated rings. The minimum absolute atomic E-state index is 0.0137. The van der Waals surface area contributed by atoms with Gasteiger partial charge >= 0.3 is 5.69 Å². The van der Waals surface area contributed by atoms with Gasteiger partial charge in [0.1, 0.15) is 18.3 Å². The Morgan fingerprint density at radius 2 is 1.47 bits per heavy atom. The van der Waals surface area contributed by atoms with Crippen molar-refractivity contribution in [3.63, 3.8) is 0 Å². The van der Waals surface area contributed by atoms with Crippen LogP contribution in [0.1, 0.15) is 115 Å². The Balaban J connectivity index is 2.53. The highest BCUT2D eigenvalue weighted by Gasteiger charge is 2.36. The number of aliphatic hydroxyl groups is 4. The van der Waals surface area contributed by atoms with Crippen LogP contribution in [0.2, 0.25) is 0 Å². The molecule has 240 valence electrons. The summed E-state index contributed by atoms with van der Waals surface area (Å²) < 4.78 is 1.63. The topological polar surface area (TPSA) is 162 Å². The molecule has 10 heteroatoms. The largest absolute Gasteiger partial charge is 0.394 e. The van der Waals surface area contributed by atoms with E-state index in [0.717, 1.165) is 88.2 Å². The maximum absolute atomic E-state index is 12.9. The fourth-order valence-corrected chi connectivity index (χ4v) is 6.66. The lowest BCUT2D eigenvalue weighted by atomic mass is 9.66. The average Bonchev–Trinajstić information content (AvgIpc) is 2.99. The van der Waals surface area contributed by atoms with E-state index in [1.807, 2.05) is 6.07 Å². The van der Waals surface area contributed by atoms with Gasteiger partial charge in [-0.2, -0.15) is 4.98 Å². The van der Waals surface area contributed by atoms with E-state index in [0.29, 0.717) is 11.0 Å². The molecule has 2 aliphatic heterocycles. The van der Waals surface area contributed by atoms with Gasteiger partial charge in [0.25, 0.3) is 5.56 Å². The lowest BCUT2D eigenvalue weighted by Gasteiger charge is -2.39. The maximum Gasteiger partial charge on any atom is 0.349 e. The first-order valence-corrected chi connectivity index (χ1v) is 16.2. The van der Waals surface area contributed by atoms with E-state index < -0.39 is 36.2 Å². The Morgan fingerprint density at radius 1 is 0.884 bits per heavy atom. The van der Waals surface area contributed by atoms with Gasteiger partial charge in [-0.1, -0.05) is 72.6 Å². The zero-order valence-corrected chi connectivity index (χ0v) is 26.7. The van der Waals surface area contributed by atoms with Gasteiger partial charge in [-0.25, -0.2) is 9.78 Å². The van der Waals surface area contributed by atoms with Gasteiger partial charge in [0.05, 0.1) is 24.2 Å². The van der Waals surface area contributed by atoms with Gasteiger partial charge in [0, 0.05) is 0 Å². The van der Waals surface area contributed by atoms with Crippen molar-refractivity contribution in [1.82, 2.24) is 19.5 Å². The van der Waals surface area contributed by atoms with Crippen LogP contribution in [0.3, 0.4) is 0 Å². The number of aryl methyl sites for hydroxylation is 2. The first kappa shape index (κ1) is 34.8. The van der Waals surface area contributed by atoms with Crippen molar-refractivity contribution < 1.29 is 20.4 Å². The predicted molar refractivity (Wildman–Crippen MR) is 170 cm³/mol. The van der Waals surface area contributed by atoms with E-state index in [1.165, 1.54) is 5.56 Å². The molecule has 0 bridgehead atoms. The summed E-state index contributed by atoms with van der Waals surface area (Å²) in [7, 11) is 0. The molecule has 0 aliphatic carbocycles. The molecule has 0 spiro atoms. The smallest absolute Gasteiger partial charge is 0.349 e. The maximum atomic E-state index is 12.9. The monoisotopic (exact) mass is 600 g/mol. The van der Waals surface area contributed by atoms with Crippen LogP contribution in [0.25, 0.3) is 22.6 Å². The van der Waals surface area contributed by atoms with Crippen molar-refractivity contribution in [2.45, 2.75) is 142 Å². The van der Waals surface area contributed by atoms with E-state index in [-0.39, 0.29) is 23.5 Å². The second-order valence-electron chi connectivity index (χ2n) is 12.2. The molecule has 1 aromatic rings. The zero-order valence-electron chi connectivity index (χ0n) is 26.7. The van der Waals surface area contributed by atoms with Crippen LogP contribution in [-0.2, 0) is 18.4 Å². The van der Waals surface area contributed by atoms with E-state index in [2.05, 4.69) is 44.6 Å². The lowest BCUT2D eigenvalue weighted by molar-refractivity contribution is -0.0802. The van der Waals surface area contributed by atoms with Crippen molar-refractivity contribution in [1.29, 1.82) is 0 Å². The van der Waals surface area contributed by atoms with Crippen LogP contribution < -0.4 is 11.2 Å². The molecule has 3 atom stereocenters. The number of nitrogens with one attached hydrogen (secondary N) is 1. The molecular formula is C33H52N4O6. The molecule has 0 amide bonds. The number of aromatic amines is 1. The molecule has 2 aliphatic rings. The number of unbranched alkanes of at least 4 members (excludes halogenated alkanes) is 4. The molecule has 1 aromatic carbocycles. The summed E-state index contributed by atoms with van der Waals surface area (Å²) in [5.74, 6) is 0.0137. The van der Waals surface area contributed by atoms with Crippen LogP contribution in [0.4, 0.5) is 0 Å². The highest BCUT2D eigenvalue weighted by molar-refractivity contribution is 5.85. The third-order valence-electron chi connectivity index (χ3n) is 8.87. The van der Waals surface area contributed by atoms with E-state index in [4.69, 9.17) is 4.98 Å². The van der Waals surface area contributed by atoms with Crippen LogP contribution in [0.5, 0.6) is 0 Å². The molecule has 0 radical (unpaired) electrons. The molecule has 10 nitrogen and oxygen atoms in total. The number of aromatic nitrogens is 4. The second-order valence-corrected chi connectivity index (χ2v) is 12.2. The third-order valence-corrected chi connectivity index (χ3v) is 8.87. The Hall–Kier alpha value is -2.66. The van der Waals surface area contributed by atoms with Gasteiger partial charge in [-0.05, 0) is 67.2 Å². The summed E-state index contributed by atoms with van der Waals surface area (Å²) in [6.45, 7) is 9.92. The lowest BCUT2D eigenvalue weighted by Crippen LogP contribution is -2.42. The van der Waals surface area contributed by atoms with E-state index in [9.17, 15) is 30.0 Å². The van der Waals surface area contributed by atoms with Gasteiger partial charge in [0.2, 0.25) is 0 Å². The number of nitrogens with zero attached hydrogens (tertiary/aromatic N) is 3. The molecule has 0 saturated carbocycles. The molecule has 3 rings (SSSR count). The molecule has 43 heavy (non-hydrogen) atoms. The van der Waals surface area contributed by atoms with Crippen molar-refractivity contribution in [3.8, 4) is 11.5 Å². The number of aliphatic hydroxyl groups excluding tert-OH is 4.